The zero-order chi connectivity index (χ0) is 13.3. The van der Waals surface area contributed by atoms with Crippen LogP contribution in [-0.4, -0.2) is 41.6 Å². The van der Waals surface area contributed by atoms with Gasteiger partial charge in [0.15, 0.2) is 0 Å². The molecule has 0 aromatic heterocycles. The summed E-state index contributed by atoms with van der Waals surface area (Å²) in [5.41, 5.74) is 0. The van der Waals surface area contributed by atoms with E-state index in [9.17, 15) is 9.59 Å². The Labute approximate surface area is 103 Å². The molecular weight excluding hydrogens is 220 g/mol. The van der Waals surface area contributed by atoms with E-state index in [4.69, 9.17) is 5.11 Å². The summed E-state index contributed by atoms with van der Waals surface area (Å²) in [5.74, 6) is -0.334. The fraction of sp³-hybridized carbons (Fsp3) is 0.833. The number of nitrogens with one attached hydrogen (secondary N) is 1. The first-order valence-electron chi connectivity index (χ1n) is 6.22. The highest BCUT2D eigenvalue weighted by atomic mass is 16.4. The average Bonchev–Trinajstić information content (AvgIpc) is 2.24. The van der Waals surface area contributed by atoms with Crippen molar-refractivity contribution in [2.24, 2.45) is 5.92 Å². The summed E-state index contributed by atoms with van der Waals surface area (Å²) in [5, 5.41) is 11.3. The van der Waals surface area contributed by atoms with E-state index in [0.29, 0.717) is 31.8 Å². The van der Waals surface area contributed by atoms with Crippen LogP contribution in [0.3, 0.4) is 0 Å². The second-order valence-corrected chi connectivity index (χ2v) is 4.52. The lowest BCUT2D eigenvalue weighted by molar-refractivity contribution is -0.137. The van der Waals surface area contributed by atoms with Gasteiger partial charge < -0.3 is 15.3 Å². The van der Waals surface area contributed by atoms with E-state index >= 15 is 0 Å². The van der Waals surface area contributed by atoms with E-state index in [2.05, 4.69) is 19.2 Å². The van der Waals surface area contributed by atoms with Crippen LogP contribution in [0.25, 0.3) is 0 Å². The number of carboxylic acids is 1. The largest absolute Gasteiger partial charge is 0.481 e. The summed E-state index contributed by atoms with van der Waals surface area (Å²) in [7, 11) is 0. The zero-order valence-electron chi connectivity index (χ0n) is 11.0. The topological polar surface area (TPSA) is 69.6 Å². The predicted octanol–water partition coefficient (Wildman–Crippen LogP) is 1.93. The lowest BCUT2D eigenvalue weighted by atomic mass is 10.2. The highest BCUT2D eigenvalue weighted by Gasteiger charge is 2.11. The minimum atomic E-state index is -0.786. The summed E-state index contributed by atoms with van der Waals surface area (Å²) in [4.78, 5) is 23.7. The SMILES string of the molecule is CCN(CC(C)C)C(=O)NCCCCC(=O)O. The minimum absolute atomic E-state index is 0.0588. The molecule has 0 heterocycles. The molecule has 0 saturated carbocycles. The van der Waals surface area contributed by atoms with Crippen LogP contribution in [0.1, 0.15) is 40.0 Å². The average molecular weight is 244 g/mol. The van der Waals surface area contributed by atoms with Gasteiger partial charge in [0.2, 0.25) is 0 Å². The van der Waals surface area contributed by atoms with Crippen LogP contribution in [0.15, 0.2) is 0 Å². The summed E-state index contributed by atoms with van der Waals surface area (Å²) in [6.07, 6.45) is 1.47. The molecule has 2 amide bonds. The van der Waals surface area contributed by atoms with Crippen LogP contribution in [-0.2, 0) is 4.79 Å². The second-order valence-electron chi connectivity index (χ2n) is 4.52. The number of unbranched alkanes of at least 4 members (excludes halogenated alkanes) is 1. The predicted molar refractivity (Wildman–Crippen MR) is 67.0 cm³/mol. The van der Waals surface area contributed by atoms with Crippen LogP contribution in [0.4, 0.5) is 4.79 Å². The van der Waals surface area contributed by atoms with Crippen molar-refractivity contribution in [3.8, 4) is 0 Å². The molecule has 0 bridgehead atoms. The lowest BCUT2D eigenvalue weighted by Gasteiger charge is -2.23. The van der Waals surface area contributed by atoms with Crippen molar-refractivity contribution >= 4 is 12.0 Å². The molecule has 0 aliphatic rings. The standard InChI is InChI=1S/C12H24N2O3/c1-4-14(9-10(2)3)12(17)13-8-6-5-7-11(15)16/h10H,4-9H2,1-3H3,(H,13,17)(H,15,16). The van der Waals surface area contributed by atoms with E-state index in [0.717, 1.165) is 6.54 Å². The highest BCUT2D eigenvalue weighted by molar-refractivity contribution is 5.74. The van der Waals surface area contributed by atoms with E-state index in [1.54, 1.807) is 4.90 Å². The van der Waals surface area contributed by atoms with Crippen molar-refractivity contribution in [2.45, 2.75) is 40.0 Å². The van der Waals surface area contributed by atoms with Gasteiger partial charge in [-0.2, -0.15) is 0 Å². The molecule has 0 aromatic rings. The number of rotatable bonds is 8. The fourth-order valence-corrected chi connectivity index (χ4v) is 1.50. The molecule has 5 nitrogen and oxygen atoms in total. The Balaban J connectivity index is 3.72. The van der Waals surface area contributed by atoms with Crippen LogP contribution < -0.4 is 5.32 Å². The number of aliphatic carboxylic acids is 1. The Kier molecular flexibility index (Phi) is 8.19. The summed E-state index contributed by atoms with van der Waals surface area (Å²) < 4.78 is 0. The van der Waals surface area contributed by atoms with E-state index in [1.165, 1.54) is 0 Å². The third kappa shape index (κ3) is 8.54. The van der Waals surface area contributed by atoms with Crippen molar-refractivity contribution in [1.29, 1.82) is 0 Å². The number of hydrogen-bond donors (Lipinski definition) is 2. The first kappa shape index (κ1) is 15.7. The summed E-state index contributed by atoms with van der Waals surface area (Å²) in [6.45, 7) is 8.08. The van der Waals surface area contributed by atoms with Gasteiger partial charge in [-0.15, -0.1) is 0 Å². The monoisotopic (exact) mass is 244 g/mol. The smallest absolute Gasteiger partial charge is 0.317 e. The molecule has 0 rings (SSSR count). The molecule has 0 aliphatic carbocycles. The third-order valence-corrected chi connectivity index (χ3v) is 2.35. The van der Waals surface area contributed by atoms with Gasteiger partial charge >= 0.3 is 12.0 Å². The molecular formula is C12H24N2O3. The van der Waals surface area contributed by atoms with Gasteiger partial charge in [-0.1, -0.05) is 13.8 Å². The minimum Gasteiger partial charge on any atom is -0.481 e. The van der Waals surface area contributed by atoms with Crippen molar-refractivity contribution in [2.75, 3.05) is 19.6 Å². The van der Waals surface area contributed by atoms with Gasteiger partial charge in [0.25, 0.3) is 0 Å². The van der Waals surface area contributed by atoms with Crippen LogP contribution in [0.2, 0.25) is 0 Å². The number of carbonyl (C=O) groups is 2. The van der Waals surface area contributed by atoms with Gasteiger partial charge in [-0.3, -0.25) is 4.79 Å². The maximum atomic E-state index is 11.7. The molecule has 0 atom stereocenters. The Morgan fingerprint density at radius 2 is 1.94 bits per heavy atom. The van der Waals surface area contributed by atoms with Gasteiger partial charge in [-0.05, 0) is 25.7 Å². The molecule has 0 fully saturated rings. The Morgan fingerprint density at radius 1 is 1.29 bits per heavy atom. The molecule has 0 unspecified atom stereocenters. The van der Waals surface area contributed by atoms with Crippen molar-refractivity contribution in [1.82, 2.24) is 10.2 Å². The van der Waals surface area contributed by atoms with Gasteiger partial charge in [0.05, 0.1) is 0 Å². The van der Waals surface area contributed by atoms with Crippen LogP contribution in [0, 0.1) is 5.92 Å². The van der Waals surface area contributed by atoms with E-state index in [1.807, 2.05) is 6.92 Å². The second kappa shape index (κ2) is 8.84. The Hall–Kier alpha value is -1.26. The maximum absolute atomic E-state index is 11.7. The number of carboxylic acid groups (broad SMARTS) is 1. The van der Waals surface area contributed by atoms with Crippen molar-refractivity contribution in [3.05, 3.63) is 0 Å². The molecule has 0 radical (unpaired) electrons. The number of carbonyl (C=O) groups excluding carboxylic acids is 1. The fourth-order valence-electron chi connectivity index (χ4n) is 1.50. The number of nitrogens with zero attached hydrogens (tertiary/aromatic N) is 1. The third-order valence-electron chi connectivity index (χ3n) is 2.35. The zero-order valence-corrected chi connectivity index (χ0v) is 11.0. The number of urea groups is 1. The molecule has 17 heavy (non-hydrogen) atoms. The molecule has 2 N–H and O–H groups in total. The van der Waals surface area contributed by atoms with Gasteiger partial charge in [0, 0.05) is 26.1 Å². The van der Waals surface area contributed by atoms with Crippen LogP contribution >= 0.6 is 0 Å². The molecule has 0 aliphatic heterocycles. The lowest BCUT2D eigenvalue weighted by Crippen LogP contribution is -2.42. The first-order chi connectivity index (χ1) is 7.97. The van der Waals surface area contributed by atoms with E-state index < -0.39 is 5.97 Å². The van der Waals surface area contributed by atoms with Gasteiger partial charge in [-0.25, -0.2) is 4.79 Å². The highest BCUT2D eigenvalue weighted by Crippen LogP contribution is 1.99. The summed E-state index contributed by atoms with van der Waals surface area (Å²) >= 11 is 0. The molecule has 0 spiro atoms. The van der Waals surface area contributed by atoms with E-state index in [-0.39, 0.29) is 12.5 Å². The Bertz CT molecular complexity index is 242. The number of amides is 2. The quantitative estimate of drug-likeness (QED) is 0.641. The summed E-state index contributed by atoms with van der Waals surface area (Å²) in [6, 6.07) is -0.0588. The Morgan fingerprint density at radius 3 is 2.41 bits per heavy atom. The normalized spacial score (nSPS) is 10.4. The molecule has 5 heteroatoms. The van der Waals surface area contributed by atoms with Crippen molar-refractivity contribution in [3.63, 3.8) is 0 Å². The molecule has 0 aromatic carbocycles. The van der Waals surface area contributed by atoms with Crippen molar-refractivity contribution < 1.29 is 14.7 Å². The first-order valence-corrected chi connectivity index (χ1v) is 6.22. The van der Waals surface area contributed by atoms with Crippen LogP contribution in [0.5, 0.6) is 0 Å². The van der Waals surface area contributed by atoms with Gasteiger partial charge in [0.1, 0.15) is 0 Å². The molecule has 0 saturated heterocycles. The molecule has 100 valence electrons. The number of hydrogen-bond acceptors (Lipinski definition) is 2. The maximum Gasteiger partial charge on any atom is 0.317 e.